The Morgan fingerprint density at radius 2 is 1.81 bits per heavy atom. The van der Waals surface area contributed by atoms with Crippen LogP contribution in [-0.2, 0) is 17.6 Å². The third kappa shape index (κ3) is 2.63. The molecule has 1 aliphatic rings. The van der Waals surface area contributed by atoms with Crippen LogP contribution in [0, 0.1) is 5.82 Å². The van der Waals surface area contributed by atoms with Crippen molar-refractivity contribution in [3.8, 4) is 0 Å². The summed E-state index contributed by atoms with van der Waals surface area (Å²) in [5, 5.41) is 0. The van der Waals surface area contributed by atoms with Gasteiger partial charge in [-0.1, -0.05) is 37.3 Å². The van der Waals surface area contributed by atoms with Gasteiger partial charge in [0.05, 0.1) is 5.92 Å². The molecule has 0 aromatic heterocycles. The number of halogens is 1. The van der Waals surface area contributed by atoms with Gasteiger partial charge in [0.1, 0.15) is 11.6 Å². The molecule has 1 nitrogen and oxygen atoms in total. The van der Waals surface area contributed by atoms with Crippen molar-refractivity contribution in [3.63, 3.8) is 0 Å². The van der Waals surface area contributed by atoms with Crippen molar-refractivity contribution >= 4 is 5.78 Å². The third-order valence-electron chi connectivity index (χ3n) is 4.26. The number of carbonyl (C=O) groups is 1. The van der Waals surface area contributed by atoms with Crippen LogP contribution < -0.4 is 0 Å². The minimum Gasteiger partial charge on any atom is -0.299 e. The van der Waals surface area contributed by atoms with Crippen molar-refractivity contribution in [2.24, 2.45) is 0 Å². The first-order chi connectivity index (χ1) is 10.2. The number of aryl methyl sites for hydroxylation is 2. The summed E-state index contributed by atoms with van der Waals surface area (Å²) in [7, 11) is 0. The predicted octanol–water partition coefficient (Wildman–Crippen LogP) is 4.43. The van der Waals surface area contributed by atoms with Gasteiger partial charge in [-0.3, -0.25) is 4.79 Å². The third-order valence-corrected chi connectivity index (χ3v) is 4.26. The van der Waals surface area contributed by atoms with E-state index < -0.39 is 0 Å². The SMILES string of the molecule is CCCC(=O)C1c2ccccc2CCc2cc(F)ccc21. The lowest BCUT2D eigenvalue weighted by Gasteiger charge is -2.19. The van der Waals surface area contributed by atoms with Crippen LogP contribution in [0.15, 0.2) is 42.5 Å². The number of ketones is 1. The van der Waals surface area contributed by atoms with Gasteiger partial charge in [0.2, 0.25) is 0 Å². The lowest BCUT2D eigenvalue weighted by molar-refractivity contribution is -0.119. The van der Waals surface area contributed by atoms with Gasteiger partial charge in [-0.05, 0) is 53.6 Å². The molecule has 0 saturated heterocycles. The minimum absolute atomic E-state index is 0.221. The molecule has 0 spiro atoms. The smallest absolute Gasteiger partial charge is 0.144 e. The maximum absolute atomic E-state index is 13.5. The van der Waals surface area contributed by atoms with E-state index in [9.17, 15) is 9.18 Å². The second-order valence-electron chi connectivity index (χ2n) is 5.69. The first kappa shape index (κ1) is 14.0. The van der Waals surface area contributed by atoms with Crippen LogP contribution in [0.1, 0.15) is 47.9 Å². The van der Waals surface area contributed by atoms with E-state index in [0.717, 1.165) is 36.0 Å². The molecule has 1 aliphatic carbocycles. The van der Waals surface area contributed by atoms with Gasteiger partial charge >= 0.3 is 0 Å². The van der Waals surface area contributed by atoms with Gasteiger partial charge in [0.15, 0.2) is 0 Å². The number of hydrogen-bond donors (Lipinski definition) is 0. The quantitative estimate of drug-likeness (QED) is 0.814. The summed E-state index contributed by atoms with van der Waals surface area (Å²) < 4.78 is 13.5. The molecule has 0 fully saturated rings. The molecule has 0 N–H and O–H groups in total. The number of fused-ring (bicyclic) bond motifs is 2. The average Bonchev–Trinajstić information content (AvgIpc) is 2.64. The van der Waals surface area contributed by atoms with Gasteiger partial charge in [0, 0.05) is 6.42 Å². The molecule has 1 unspecified atom stereocenters. The largest absolute Gasteiger partial charge is 0.299 e. The number of carbonyl (C=O) groups excluding carboxylic acids is 1. The zero-order valence-corrected chi connectivity index (χ0v) is 12.2. The summed E-state index contributed by atoms with van der Waals surface area (Å²) in [5.41, 5.74) is 4.27. The molecule has 3 rings (SSSR count). The minimum atomic E-state index is -0.237. The van der Waals surface area contributed by atoms with Gasteiger partial charge in [0.25, 0.3) is 0 Å². The number of rotatable bonds is 3. The molecular weight excluding hydrogens is 263 g/mol. The van der Waals surface area contributed by atoms with Crippen molar-refractivity contribution in [2.45, 2.75) is 38.5 Å². The monoisotopic (exact) mass is 282 g/mol. The zero-order valence-electron chi connectivity index (χ0n) is 12.2. The maximum atomic E-state index is 13.5. The highest BCUT2D eigenvalue weighted by molar-refractivity contribution is 5.90. The maximum Gasteiger partial charge on any atom is 0.144 e. The van der Waals surface area contributed by atoms with Crippen LogP contribution in [0.25, 0.3) is 0 Å². The first-order valence-corrected chi connectivity index (χ1v) is 7.59. The summed E-state index contributed by atoms with van der Waals surface area (Å²) in [6.07, 6.45) is 3.06. The van der Waals surface area contributed by atoms with E-state index in [4.69, 9.17) is 0 Å². The van der Waals surface area contributed by atoms with Gasteiger partial charge < -0.3 is 0 Å². The summed E-state index contributed by atoms with van der Waals surface area (Å²) in [6, 6.07) is 13.0. The highest BCUT2D eigenvalue weighted by Gasteiger charge is 2.28. The zero-order chi connectivity index (χ0) is 14.8. The Morgan fingerprint density at radius 1 is 1.10 bits per heavy atom. The lowest BCUT2D eigenvalue weighted by atomic mass is 9.83. The molecule has 0 amide bonds. The molecule has 0 saturated carbocycles. The highest BCUT2D eigenvalue weighted by atomic mass is 19.1. The topological polar surface area (TPSA) is 17.1 Å². The van der Waals surface area contributed by atoms with E-state index in [0.29, 0.717) is 6.42 Å². The Labute approximate surface area is 124 Å². The van der Waals surface area contributed by atoms with Crippen molar-refractivity contribution in [1.29, 1.82) is 0 Å². The van der Waals surface area contributed by atoms with Crippen molar-refractivity contribution in [2.75, 3.05) is 0 Å². The second kappa shape index (κ2) is 5.80. The highest BCUT2D eigenvalue weighted by Crippen LogP contribution is 2.36. The Hall–Kier alpha value is -1.96. The normalized spacial score (nSPS) is 16.8. The van der Waals surface area contributed by atoms with Gasteiger partial charge in [-0.25, -0.2) is 4.39 Å². The fraction of sp³-hybridized carbons (Fsp3) is 0.316. The summed E-state index contributed by atoms with van der Waals surface area (Å²) in [4.78, 5) is 12.7. The van der Waals surface area contributed by atoms with Crippen LogP contribution in [-0.4, -0.2) is 5.78 Å². The first-order valence-electron chi connectivity index (χ1n) is 7.59. The molecule has 0 bridgehead atoms. The Morgan fingerprint density at radius 3 is 2.62 bits per heavy atom. The van der Waals surface area contributed by atoms with Crippen LogP contribution in [0.2, 0.25) is 0 Å². The van der Waals surface area contributed by atoms with E-state index in [1.807, 2.05) is 25.1 Å². The summed E-state index contributed by atoms with van der Waals surface area (Å²) >= 11 is 0. The Kier molecular flexibility index (Phi) is 3.87. The van der Waals surface area contributed by atoms with E-state index in [1.54, 1.807) is 12.1 Å². The molecular formula is C19H19FO. The van der Waals surface area contributed by atoms with Crippen molar-refractivity contribution in [1.82, 2.24) is 0 Å². The van der Waals surface area contributed by atoms with Crippen LogP contribution in [0.3, 0.4) is 0 Å². The van der Waals surface area contributed by atoms with Gasteiger partial charge in [-0.2, -0.15) is 0 Å². The van der Waals surface area contributed by atoms with E-state index in [-0.39, 0.29) is 17.5 Å². The van der Waals surface area contributed by atoms with Crippen LogP contribution in [0.5, 0.6) is 0 Å². The van der Waals surface area contributed by atoms with Crippen LogP contribution >= 0.6 is 0 Å². The van der Waals surface area contributed by atoms with E-state index in [1.165, 1.54) is 11.6 Å². The molecule has 0 radical (unpaired) electrons. The molecule has 1 atom stereocenters. The number of Topliss-reactive ketones (excluding diaryl/α,β-unsaturated/α-hetero) is 1. The molecule has 2 aromatic carbocycles. The Balaban J connectivity index is 2.17. The van der Waals surface area contributed by atoms with Crippen molar-refractivity contribution in [3.05, 3.63) is 70.5 Å². The molecule has 2 aromatic rings. The number of benzene rings is 2. The molecule has 108 valence electrons. The van der Waals surface area contributed by atoms with Crippen LogP contribution in [0.4, 0.5) is 4.39 Å². The number of hydrogen-bond acceptors (Lipinski definition) is 1. The summed E-state index contributed by atoms with van der Waals surface area (Å²) in [6.45, 7) is 2.02. The van der Waals surface area contributed by atoms with E-state index in [2.05, 4.69) is 6.07 Å². The predicted molar refractivity (Wildman–Crippen MR) is 82.0 cm³/mol. The van der Waals surface area contributed by atoms with E-state index >= 15 is 0 Å². The molecule has 0 heterocycles. The average molecular weight is 282 g/mol. The Bertz CT molecular complexity index is 675. The lowest BCUT2D eigenvalue weighted by Crippen LogP contribution is -2.15. The van der Waals surface area contributed by atoms with Gasteiger partial charge in [-0.15, -0.1) is 0 Å². The molecule has 21 heavy (non-hydrogen) atoms. The van der Waals surface area contributed by atoms with Crippen molar-refractivity contribution < 1.29 is 9.18 Å². The standard InChI is InChI=1S/C19H19FO/c1-2-5-18(21)19-16-7-4-3-6-13(16)8-9-14-12-15(20)10-11-17(14)19/h3-4,6-7,10-12,19H,2,5,8-9H2,1H3. The fourth-order valence-electron chi connectivity index (χ4n) is 3.29. The molecule has 0 aliphatic heterocycles. The summed E-state index contributed by atoms with van der Waals surface area (Å²) in [5.74, 6) is -0.222. The fourth-order valence-corrected chi connectivity index (χ4v) is 3.29. The second-order valence-corrected chi connectivity index (χ2v) is 5.69. The molecule has 2 heteroatoms.